The summed E-state index contributed by atoms with van der Waals surface area (Å²) in [5, 5.41) is 14.2. The fourth-order valence-corrected chi connectivity index (χ4v) is 2.13. The van der Waals surface area contributed by atoms with Crippen LogP contribution in [0, 0.1) is 22.9 Å². The zero-order valence-corrected chi connectivity index (χ0v) is 11.4. The van der Waals surface area contributed by atoms with Crippen molar-refractivity contribution in [2.24, 2.45) is 0 Å². The molecule has 0 radical (unpaired) electrons. The molecule has 6 heteroatoms. The van der Waals surface area contributed by atoms with E-state index >= 15 is 0 Å². The van der Waals surface area contributed by atoms with Gasteiger partial charge < -0.3 is 5.32 Å². The quantitative estimate of drug-likeness (QED) is 0.675. The number of nitro groups is 1. The van der Waals surface area contributed by atoms with E-state index in [1.165, 1.54) is 18.2 Å². The number of hydrogen-bond acceptors (Lipinski definition) is 3. The van der Waals surface area contributed by atoms with Crippen molar-refractivity contribution in [1.29, 1.82) is 0 Å². The zero-order valence-electron chi connectivity index (χ0n) is 10.7. The Hall–Kier alpha value is -2.14. The molecule has 2 aromatic rings. The molecular formula is C14H12ClFN2O2. The number of anilines is 1. The summed E-state index contributed by atoms with van der Waals surface area (Å²) in [6, 6.07) is 9.16. The number of nitro benzene ring substituents is 1. The minimum Gasteiger partial charge on any atom is -0.380 e. The molecular weight excluding hydrogens is 283 g/mol. The Kier molecular flexibility index (Phi) is 4.20. The van der Waals surface area contributed by atoms with Crippen molar-refractivity contribution in [1.82, 2.24) is 0 Å². The molecule has 1 N–H and O–H groups in total. The number of nitrogens with zero attached hydrogens (tertiary/aromatic N) is 1. The summed E-state index contributed by atoms with van der Waals surface area (Å²) in [5.74, 6) is -0.409. The van der Waals surface area contributed by atoms with Crippen molar-refractivity contribution in [3.05, 3.63) is 68.5 Å². The van der Waals surface area contributed by atoms with Crippen molar-refractivity contribution in [3.8, 4) is 0 Å². The molecule has 0 aliphatic heterocycles. The summed E-state index contributed by atoms with van der Waals surface area (Å²) >= 11 is 5.93. The van der Waals surface area contributed by atoms with Crippen molar-refractivity contribution in [3.63, 3.8) is 0 Å². The summed E-state index contributed by atoms with van der Waals surface area (Å²) in [6.45, 7) is 1.80. The van der Waals surface area contributed by atoms with Gasteiger partial charge in [-0.1, -0.05) is 23.7 Å². The predicted octanol–water partition coefficient (Wildman–Crippen LogP) is 4.31. The van der Waals surface area contributed by atoms with Crippen molar-refractivity contribution in [2.45, 2.75) is 13.5 Å². The average molecular weight is 295 g/mol. The number of rotatable bonds is 4. The van der Waals surface area contributed by atoms with E-state index in [9.17, 15) is 14.5 Å². The van der Waals surface area contributed by atoms with Crippen molar-refractivity contribution >= 4 is 23.0 Å². The van der Waals surface area contributed by atoms with Crippen LogP contribution in [0.25, 0.3) is 0 Å². The summed E-state index contributed by atoms with van der Waals surface area (Å²) in [5.41, 5.74) is 1.44. The second-order valence-electron chi connectivity index (χ2n) is 4.26. The summed E-state index contributed by atoms with van der Waals surface area (Å²) in [7, 11) is 0. The highest BCUT2D eigenvalue weighted by Crippen LogP contribution is 2.26. The van der Waals surface area contributed by atoms with Gasteiger partial charge in [-0.15, -0.1) is 0 Å². The highest BCUT2D eigenvalue weighted by molar-refractivity contribution is 6.31. The van der Waals surface area contributed by atoms with Crippen LogP contribution < -0.4 is 5.32 Å². The van der Waals surface area contributed by atoms with E-state index in [2.05, 4.69) is 5.32 Å². The molecule has 2 rings (SSSR count). The highest BCUT2D eigenvalue weighted by Gasteiger charge is 2.14. The molecule has 0 bridgehead atoms. The normalized spacial score (nSPS) is 10.3. The number of benzene rings is 2. The second kappa shape index (κ2) is 5.88. The van der Waals surface area contributed by atoms with Gasteiger partial charge in [0, 0.05) is 34.4 Å². The van der Waals surface area contributed by atoms with Crippen LogP contribution in [0.3, 0.4) is 0 Å². The SMILES string of the molecule is Cc1c(NCc2c(F)cccc2Cl)cccc1[N+](=O)[O-]. The van der Waals surface area contributed by atoms with Gasteiger partial charge in [0.15, 0.2) is 0 Å². The molecule has 2 aromatic carbocycles. The number of halogens is 2. The molecule has 20 heavy (non-hydrogen) atoms. The summed E-state index contributed by atoms with van der Waals surface area (Å²) in [6.07, 6.45) is 0. The third-order valence-electron chi connectivity index (χ3n) is 3.02. The van der Waals surface area contributed by atoms with E-state index in [-0.39, 0.29) is 12.2 Å². The van der Waals surface area contributed by atoms with Gasteiger partial charge in [0.1, 0.15) is 5.82 Å². The van der Waals surface area contributed by atoms with E-state index < -0.39 is 10.7 Å². The Morgan fingerprint density at radius 2 is 2.00 bits per heavy atom. The molecule has 0 saturated carbocycles. The Bertz CT molecular complexity index is 641. The van der Waals surface area contributed by atoms with E-state index in [0.717, 1.165) is 0 Å². The molecule has 104 valence electrons. The first-order valence-corrected chi connectivity index (χ1v) is 6.29. The minimum atomic E-state index is -0.448. The van der Waals surface area contributed by atoms with Gasteiger partial charge in [-0.05, 0) is 25.1 Å². The number of nitrogens with one attached hydrogen (secondary N) is 1. The standard InChI is InChI=1S/C14H12ClFN2O2/c1-9-13(6-3-7-14(9)18(19)20)17-8-10-11(15)4-2-5-12(10)16/h2-7,17H,8H2,1H3. The van der Waals surface area contributed by atoms with Crippen LogP contribution in [0.5, 0.6) is 0 Å². The van der Waals surface area contributed by atoms with Crippen LogP contribution in [0.2, 0.25) is 5.02 Å². The van der Waals surface area contributed by atoms with Gasteiger partial charge in [0.25, 0.3) is 5.69 Å². The second-order valence-corrected chi connectivity index (χ2v) is 4.67. The van der Waals surface area contributed by atoms with Gasteiger partial charge in [-0.2, -0.15) is 0 Å². The summed E-state index contributed by atoms with van der Waals surface area (Å²) in [4.78, 5) is 10.4. The largest absolute Gasteiger partial charge is 0.380 e. The maximum atomic E-state index is 13.6. The zero-order chi connectivity index (χ0) is 14.7. The predicted molar refractivity (Wildman–Crippen MR) is 76.6 cm³/mol. The molecule has 0 heterocycles. The van der Waals surface area contributed by atoms with Gasteiger partial charge >= 0.3 is 0 Å². The molecule has 0 amide bonds. The maximum Gasteiger partial charge on any atom is 0.274 e. The van der Waals surface area contributed by atoms with Crippen LogP contribution in [0.15, 0.2) is 36.4 Å². The fraction of sp³-hybridized carbons (Fsp3) is 0.143. The summed E-state index contributed by atoms with van der Waals surface area (Å²) < 4.78 is 13.6. The molecule has 0 atom stereocenters. The van der Waals surface area contributed by atoms with Crippen LogP contribution in [-0.4, -0.2) is 4.92 Å². The first-order valence-electron chi connectivity index (χ1n) is 5.91. The third kappa shape index (κ3) is 2.88. The Balaban J connectivity index is 2.24. The molecule has 0 spiro atoms. The molecule has 0 unspecified atom stereocenters. The molecule has 4 nitrogen and oxygen atoms in total. The van der Waals surface area contributed by atoms with Crippen LogP contribution in [0.4, 0.5) is 15.8 Å². The van der Waals surface area contributed by atoms with E-state index in [1.807, 2.05) is 0 Å². The van der Waals surface area contributed by atoms with Gasteiger partial charge in [0.2, 0.25) is 0 Å². The minimum absolute atomic E-state index is 0.0228. The lowest BCUT2D eigenvalue weighted by Crippen LogP contribution is -2.05. The van der Waals surface area contributed by atoms with Crippen molar-refractivity contribution < 1.29 is 9.31 Å². The number of hydrogen-bond donors (Lipinski definition) is 1. The Labute approximate surface area is 120 Å². The van der Waals surface area contributed by atoms with Gasteiger partial charge in [0.05, 0.1) is 4.92 Å². The van der Waals surface area contributed by atoms with E-state index in [4.69, 9.17) is 11.6 Å². The lowest BCUT2D eigenvalue weighted by Gasteiger charge is -2.11. The van der Waals surface area contributed by atoms with Crippen LogP contribution in [0.1, 0.15) is 11.1 Å². The monoisotopic (exact) mass is 294 g/mol. The topological polar surface area (TPSA) is 55.2 Å². The highest BCUT2D eigenvalue weighted by atomic mass is 35.5. The van der Waals surface area contributed by atoms with E-state index in [0.29, 0.717) is 21.8 Å². The van der Waals surface area contributed by atoms with E-state index in [1.54, 1.807) is 25.1 Å². The first-order chi connectivity index (χ1) is 9.50. The van der Waals surface area contributed by atoms with Gasteiger partial charge in [-0.3, -0.25) is 10.1 Å². The molecule has 0 fully saturated rings. The fourth-order valence-electron chi connectivity index (χ4n) is 1.90. The third-order valence-corrected chi connectivity index (χ3v) is 3.37. The average Bonchev–Trinajstić information content (AvgIpc) is 2.39. The smallest absolute Gasteiger partial charge is 0.274 e. The molecule has 0 aliphatic rings. The maximum absolute atomic E-state index is 13.6. The molecule has 0 aliphatic carbocycles. The lowest BCUT2D eigenvalue weighted by atomic mass is 10.1. The lowest BCUT2D eigenvalue weighted by molar-refractivity contribution is -0.385. The Morgan fingerprint density at radius 3 is 2.65 bits per heavy atom. The van der Waals surface area contributed by atoms with Crippen LogP contribution in [-0.2, 0) is 6.54 Å². The molecule has 0 saturated heterocycles. The van der Waals surface area contributed by atoms with Crippen LogP contribution >= 0.6 is 11.6 Å². The first kappa shape index (κ1) is 14.3. The van der Waals surface area contributed by atoms with Crippen molar-refractivity contribution in [2.75, 3.05) is 5.32 Å². The molecule has 0 aromatic heterocycles. The Morgan fingerprint density at radius 1 is 1.30 bits per heavy atom. The van der Waals surface area contributed by atoms with Gasteiger partial charge in [-0.25, -0.2) is 4.39 Å².